The van der Waals surface area contributed by atoms with Crippen LogP contribution in [0.15, 0.2) is 59.4 Å². The van der Waals surface area contributed by atoms with Crippen molar-refractivity contribution in [3.05, 3.63) is 65.1 Å². The molecule has 1 N–H and O–H groups in total. The lowest BCUT2D eigenvalue weighted by atomic mass is 10.2. The summed E-state index contributed by atoms with van der Waals surface area (Å²) in [5.41, 5.74) is 1.67. The maximum Gasteiger partial charge on any atom is 0.226 e. The Balaban J connectivity index is 1.21. The molecule has 28 heavy (non-hydrogen) atoms. The highest BCUT2D eigenvalue weighted by atomic mass is 32.1. The summed E-state index contributed by atoms with van der Waals surface area (Å²) in [5, 5.41) is 8.93. The number of para-hydroxylation sites is 1. The van der Waals surface area contributed by atoms with Gasteiger partial charge in [-0.3, -0.25) is 9.78 Å². The number of amides is 1. The Labute approximate surface area is 171 Å². The number of hydrogen-bond acceptors (Lipinski definition) is 6. The first-order chi connectivity index (χ1) is 13.8. The van der Waals surface area contributed by atoms with E-state index in [0.29, 0.717) is 19.6 Å². The van der Waals surface area contributed by atoms with Gasteiger partial charge in [0.2, 0.25) is 5.91 Å². The molecule has 3 heterocycles. The van der Waals surface area contributed by atoms with Crippen molar-refractivity contribution in [2.45, 2.75) is 12.8 Å². The number of ether oxygens (including phenoxy) is 1. The second-order valence-corrected chi connectivity index (χ2v) is 7.99. The van der Waals surface area contributed by atoms with Crippen LogP contribution in [0.3, 0.4) is 0 Å². The summed E-state index contributed by atoms with van der Waals surface area (Å²) < 4.78 is 5.84. The van der Waals surface area contributed by atoms with Gasteiger partial charge in [0, 0.05) is 23.5 Å². The fourth-order valence-electron chi connectivity index (χ4n) is 2.80. The van der Waals surface area contributed by atoms with Crippen LogP contribution in [0.25, 0.3) is 20.8 Å². The van der Waals surface area contributed by atoms with Crippen molar-refractivity contribution in [2.24, 2.45) is 0 Å². The van der Waals surface area contributed by atoms with Crippen molar-refractivity contribution in [3.63, 3.8) is 0 Å². The molecule has 0 fully saturated rings. The standard InChI is InChI=1S/C21H19N3O2S2/c25-19(13-16-14-28-21(24-16)18-8-3-12-27-18)22-10-4-11-26-17-7-1-5-15-6-2-9-23-20(15)17/h1-3,5-9,12,14H,4,10-11,13H2,(H,22,25). The fourth-order valence-corrected chi connectivity index (χ4v) is 4.44. The largest absolute Gasteiger partial charge is 0.491 e. The van der Waals surface area contributed by atoms with E-state index in [1.54, 1.807) is 28.9 Å². The number of rotatable bonds is 8. The minimum absolute atomic E-state index is 0.0187. The van der Waals surface area contributed by atoms with Crippen LogP contribution in [0.2, 0.25) is 0 Å². The Kier molecular flexibility index (Phi) is 5.94. The van der Waals surface area contributed by atoms with Gasteiger partial charge in [-0.05, 0) is 30.0 Å². The molecule has 4 aromatic rings. The second kappa shape index (κ2) is 8.95. The number of nitrogens with one attached hydrogen (secondary N) is 1. The van der Waals surface area contributed by atoms with Crippen LogP contribution in [0.4, 0.5) is 0 Å². The van der Waals surface area contributed by atoms with Gasteiger partial charge in [-0.1, -0.05) is 24.3 Å². The molecule has 0 unspecified atom stereocenters. The van der Waals surface area contributed by atoms with Gasteiger partial charge < -0.3 is 10.1 Å². The first-order valence-electron chi connectivity index (χ1n) is 9.01. The van der Waals surface area contributed by atoms with E-state index in [9.17, 15) is 4.79 Å². The lowest BCUT2D eigenvalue weighted by molar-refractivity contribution is -0.120. The molecule has 0 saturated heterocycles. The van der Waals surface area contributed by atoms with Gasteiger partial charge in [-0.2, -0.15) is 0 Å². The Hall–Kier alpha value is -2.77. The van der Waals surface area contributed by atoms with Crippen molar-refractivity contribution in [1.29, 1.82) is 0 Å². The smallest absolute Gasteiger partial charge is 0.226 e. The summed E-state index contributed by atoms with van der Waals surface area (Å²) in [6.45, 7) is 1.09. The molecule has 0 aliphatic carbocycles. The quantitative estimate of drug-likeness (QED) is 0.434. The molecule has 7 heteroatoms. The van der Waals surface area contributed by atoms with Crippen molar-refractivity contribution in [1.82, 2.24) is 15.3 Å². The highest BCUT2D eigenvalue weighted by molar-refractivity contribution is 7.20. The number of carbonyl (C=O) groups excluding carboxylic acids is 1. The predicted octanol–water partition coefficient (Wildman–Crippen LogP) is 4.55. The van der Waals surface area contributed by atoms with Crippen LogP contribution in [-0.4, -0.2) is 29.0 Å². The minimum Gasteiger partial charge on any atom is -0.491 e. The number of hydrogen-bond donors (Lipinski definition) is 1. The Morgan fingerprint density at radius 1 is 1.11 bits per heavy atom. The van der Waals surface area contributed by atoms with E-state index in [-0.39, 0.29) is 5.91 Å². The highest BCUT2D eigenvalue weighted by Gasteiger charge is 2.09. The van der Waals surface area contributed by atoms with Crippen molar-refractivity contribution in [2.75, 3.05) is 13.2 Å². The number of fused-ring (bicyclic) bond motifs is 1. The number of thiophene rings is 1. The van der Waals surface area contributed by atoms with Gasteiger partial charge in [0.15, 0.2) is 0 Å². The number of aromatic nitrogens is 2. The normalized spacial score (nSPS) is 10.9. The van der Waals surface area contributed by atoms with Crippen molar-refractivity contribution in [3.8, 4) is 15.6 Å². The summed E-state index contributed by atoms with van der Waals surface area (Å²) in [7, 11) is 0. The molecule has 0 bridgehead atoms. The van der Waals surface area contributed by atoms with Crippen LogP contribution in [0.1, 0.15) is 12.1 Å². The van der Waals surface area contributed by atoms with E-state index in [2.05, 4.69) is 15.3 Å². The molecule has 1 aromatic carbocycles. The van der Waals surface area contributed by atoms with Crippen LogP contribution in [0.5, 0.6) is 5.75 Å². The summed E-state index contributed by atoms with van der Waals surface area (Å²) in [6, 6.07) is 13.9. The van der Waals surface area contributed by atoms with Crippen LogP contribution >= 0.6 is 22.7 Å². The first kappa shape index (κ1) is 18.6. The Bertz CT molecular complexity index is 1060. The van der Waals surface area contributed by atoms with Gasteiger partial charge in [0.1, 0.15) is 16.3 Å². The lowest BCUT2D eigenvalue weighted by Crippen LogP contribution is -2.27. The second-order valence-electron chi connectivity index (χ2n) is 6.18. The monoisotopic (exact) mass is 409 g/mol. The average Bonchev–Trinajstić information content (AvgIpc) is 3.39. The molecule has 0 aliphatic heterocycles. The molecular formula is C21H19N3O2S2. The third kappa shape index (κ3) is 4.55. The number of benzene rings is 1. The summed E-state index contributed by atoms with van der Waals surface area (Å²) in [4.78, 5) is 22.2. The first-order valence-corrected chi connectivity index (χ1v) is 10.8. The maximum atomic E-state index is 12.1. The molecule has 1 amide bonds. The molecule has 0 aliphatic rings. The fraction of sp³-hybridized carbons (Fsp3) is 0.190. The number of carbonyl (C=O) groups is 1. The van der Waals surface area contributed by atoms with Gasteiger partial charge in [0.05, 0.1) is 23.6 Å². The number of nitrogens with zero attached hydrogens (tertiary/aromatic N) is 2. The molecule has 0 atom stereocenters. The average molecular weight is 410 g/mol. The molecular weight excluding hydrogens is 390 g/mol. The van der Waals surface area contributed by atoms with E-state index < -0.39 is 0 Å². The van der Waals surface area contributed by atoms with Gasteiger partial charge in [0.25, 0.3) is 0 Å². The highest BCUT2D eigenvalue weighted by Crippen LogP contribution is 2.28. The van der Waals surface area contributed by atoms with Gasteiger partial charge in [-0.15, -0.1) is 22.7 Å². The van der Waals surface area contributed by atoms with Gasteiger partial charge in [-0.25, -0.2) is 4.98 Å². The summed E-state index contributed by atoms with van der Waals surface area (Å²) in [6.07, 6.45) is 2.79. The van der Waals surface area contributed by atoms with E-state index in [0.717, 1.165) is 38.7 Å². The topological polar surface area (TPSA) is 64.1 Å². The zero-order valence-electron chi connectivity index (χ0n) is 15.1. The molecule has 0 spiro atoms. The van der Waals surface area contributed by atoms with E-state index >= 15 is 0 Å². The molecule has 0 saturated carbocycles. The molecule has 142 valence electrons. The lowest BCUT2D eigenvalue weighted by Gasteiger charge is -2.09. The molecule has 5 nitrogen and oxygen atoms in total. The van der Waals surface area contributed by atoms with Crippen molar-refractivity contribution < 1.29 is 9.53 Å². The Morgan fingerprint density at radius 2 is 2.04 bits per heavy atom. The maximum absolute atomic E-state index is 12.1. The zero-order chi connectivity index (χ0) is 19.2. The van der Waals surface area contributed by atoms with Gasteiger partial charge >= 0.3 is 0 Å². The SMILES string of the molecule is O=C(Cc1csc(-c2cccs2)n1)NCCCOc1cccc2cccnc12. The summed E-state index contributed by atoms with van der Waals surface area (Å²) >= 11 is 3.23. The third-order valence-electron chi connectivity index (χ3n) is 4.12. The Morgan fingerprint density at radius 3 is 2.93 bits per heavy atom. The minimum atomic E-state index is -0.0187. The molecule has 0 radical (unpaired) electrons. The van der Waals surface area contributed by atoms with Crippen LogP contribution < -0.4 is 10.1 Å². The van der Waals surface area contributed by atoms with Crippen LogP contribution in [0, 0.1) is 0 Å². The molecule has 3 aromatic heterocycles. The zero-order valence-corrected chi connectivity index (χ0v) is 16.8. The van der Waals surface area contributed by atoms with E-state index in [1.807, 2.05) is 53.2 Å². The third-order valence-corrected chi connectivity index (χ3v) is 6.05. The predicted molar refractivity (Wildman–Crippen MR) is 114 cm³/mol. The van der Waals surface area contributed by atoms with Crippen molar-refractivity contribution >= 4 is 39.5 Å². The number of pyridine rings is 1. The van der Waals surface area contributed by atoms with E-state index in [1.165, 1.54) is 0 Å². The number of thiazole rings is 1. The van der Waals surface area contributed by atoms with E-state index in [4.69, 9.17) is 4.74 Å². The summed E-state index contributed by atoms with van der Waals surface area (Å²) in [5.74, 6) is 0.753. The van der Waals surface area contributed by atoms with Crippen LogP contribution in [-0.2, 0) is 11.2 Å². The molecule has 4 rings (SSSR count).